The summed E-state index contributed by atoms with van der Waals surface area (Å²) < 4.78 is 0. The highest BCUT2D eigenvalue weighted by molar-refractivity contribution is 5.78. The number of hydrogen-bond donors (Lipinski definition) is 0. The molecule has 0 bridgehead atoms. The maximum Gasteiger partial charge on any atom is 0.226 e. The van der Waals surface area contributed by atoms with E-state index in [2.05, 4.69) is 19.7 Å². The Morgan fingerprint density at radius 2 is 1.83 bits per heavy atom. The van der Waals surface area contributed by atoms with E-state index in [-0.39, 0.29) is 11.5 Å². The summed E-state index contributed by atoms with van der Waals surface area (Å²) in [5.41, 5.74) is 0.0865. The summed E-state index contributed by atoms with van der Waals surface area (Å²) in [4.78, 5) is 14.3. The molecule has 0 aromatic rings. The smallest absolute Gasteiger partial charge is 0.226 e. The number of nitriles is 2. The third kappa shape index (κ3) is 8.75. The zero-order valence-corrected chi connectivity index (χ0v) is 13.3. The van der Waals surface area contributed by atoms with Crippen molar-refractivity contribution in [3.8, 4) is 12.1 Å². The van der Waals surface area contributed by atoms with E-state index in [4.69, 9.17) is 10.5 Å². The molecule has 0 aromatic heterocycles. The Morgan fingerprint density at radius 3 is 2.17 bits per heavy atom. The second-order valence-corrected chi connectivity index (χ2v) is 4.55. The van der Waals surface area contributed by atoms with Crippen LogP contribution in [-0.4, -0.2) is 35.3 Å². The van der Waals surface area contributed by atoms with Gasteiger partial charge in [0.2, 0.25) is 5.91 Å². The van der Waals surface area contributed by atoms with Crippen LogP contribution >= 0.6 is 0 Å². The molecule has 0 aliphatic carbocycles. The van der Waals surface area contributed by atoms with Crippen molar-refractivity contribution in [2.45, 2.75) is 12.8 Å². The number of nitrogens with zero attached hydrogens (tertiary/aromatic N) is 4. The van der Waals surface area contributed by atoms with Crippen LogP contribution in [0.15, 0.2) is 62.0 Å². The molecule has 0 spiro atoms. The van der Waals surface area contributed by atoms with Crippen molar-refractivity contribution in [2.24, 2.45) is 0 Å². The Hall–Kier alpha value is -3.05. The summed E-state index contributed by atoms with van der Waals surface area (Å²) >= 11 is 0. The van der Waals surface area contributed by atoms with Crippen LogP contribution in [0.25, 0.3) is 0 Å². The van der Waals surface area contributed by atoms with Gasteiger partial charge in [-0.15, -0.1) is 13.2 Å². The lowest BCUT2D eigenvalue weighted by molar-refractivity contribution is -0.125. The van der Waals surface area contributed by atoms with Crippen LogP contribution in [0.5, 0.6) is 0 Å². The molecule has 1 saturated heterocycles. The maximum atomic E-state index is 10.7. The number of allylic oxidation sites excluding steroid dienone is 3. The summed E-state index contributed by atoms with van der Waals surface area (Å²) in [7, 11) is 0. The molecular formula is C18H22N4O. The first-order chi connectivity index (χ1) is 11.1. The minimum atomic E-state index is 0.0865. The molecule has 1 rings (SSSR count). The van der Waals surface area contributed by atoms with E-state index in [1.807, 2.05) is 4.90 Å². The second kappa shape index (κ2) is 12.7. The van der Waals surface area contributed by atoms with Gasteiger partial charge < -0.3 is 9.80 Å². The minimum absolute atomic E-state index is 0.0865. The molecule has 23 heavy (non-hydrogen) atoms. The van der Waals surface area contributed by atoms with Crippen molar-refractivity contribution in [3.05, 3.63) is 62.0 Å². The molecule has 1 aliphatic rings. The number of carbonyl (C=O) groups is 1. The molecule has 0 atom stereocenters. The molecule has 1 aliphatic heterocycles. The molecule has 0 aromatic carbocycles. The summed E-state index contributed by atoms with van der Waals surface area (Å²) in [6.07, 6.45) is 11.7. The Kier molecular flexibility index (Phi) is 11.0. The van der Waals surface area contributed by atoms with Gasteiger partial charge in [-0.3, -0.25) is 4.79 Å². The zero-order chi connectivity index (χ0) is 17.5. The minimum Gasteiger partial charge on any atom is -0.370 e. The summed E-state index contributed by atoms with van der Waals surface area (Å²) in [6, 6.07) is 3.56. The maximum absolute atomic E-state index is 10.7. The predicted octanol–water partition coefficient (Wildman–Crippen LogP) is 2.90. The van der Waals surface area contributed by atoms with Gasteiger partial charge >= 0.3 is 0 Å². The van der Waals surface area contributed by atoms with Crippen LogP contribution in [-0.2, 0) is 4.79 Å². The van der Waals surface area contributed by atoms with Crippen molar-refractivity contribution in [2.75, 3.05) is 19.6 Å². The van der Waals surface area contributed by atoms with Crippen LogP contribution in [0.2, 0.25) is 0 Å². The molecule has 0 saturated carbocycles. The molecule has 120 valence electrons. The number of amides is 1. The summed E-state index contributed by atoms with van der Waals surface area (Å²) in [6.45, 7) is 13.0. The average Bonchev–Trinajstić information content (AvgIpc) is 2.98. The van der Waals surface area contributed by atoms with Gasteiger partial charge in [-0.1, -0.05) is 18.7 Å². The lowest BCUT2D eigenvalue weighted by Crippen LogP contribution is -2.16. The first kappa shape index (κ1) is 19.9. The number of likely N-dealkylation sites (tertiary alicyclic amines) is 1. The van der Waals surface area contributed by atoms with Crippen LogP contribution in [0, 0.1) is 22.7 Å². The lowest BCUT2D eigenvalue weighted by atomic mass is 10.3. The predicted molar refractivity (Wildman–Crippen MR) is 91.6 cm³/mol. The van der Waals surface area contributed by atoms with Gasteiger partial charge in [-0.2, -0.15) is 10.5 Å². The topological polar surface area (TPSA) is 71.1 Å². The van der Waals surface area contributed by atoms with E-state index in [0.29, 0.717) is 19.5 Å². The third-order valence-electron chi connectivity index (χ3n) is 2.86. The summed E-state index contributed by atoms with van der Waals surface area (Å²) in [5, 5.41) is 17.0. The molecule has 0 unspecified atom stereocenters. The highest BCUT2D eigenvalue weighted by Gasteiger charge is 2.15. The van der Waals surface area contributed by atoms with Crippen LogP contribution in [0.4, 0.5) is 0 Å². The quantitative estimate of drug-likeness (QED) is 0.412. The average molecular weight is 310 g/mol. The molecule has 0 N–H and O–H groups in total. The molecule has 1 amide bonds. The van der Waals surface area contributed by atoms with Crippen molar-refractivity contribution in [3.63, 3.8) is 0 Å². The van der Waals surface area contributed by atoms with E-state index in [1.165, 1.54) is 6.08 Å². The van der Waals surface area contributed by atoms with Gasteiger partial charge in [0, 0.05) is 26.1 Å². The second-order valence-electron chi connectivity index (χ2n) is 4.55. The van der Waals surface area contributed by atoms with Gasteiger partial charge in [-0.05, 0) is 31.0 Å². The van der Waals surface area contributed by atoms with Gasteiger partial charge in [0.05, 0.1) is 0 Å². The van der Waals surface area contributed by atoms with E-state index in [1.54, 1.807) is 47.7 Å². The van der Waals surface area contributed by atoms with E-state index in [9.17, 15) is 4.79 Å². The molecular weight excluding hydrogens is 288 g/mol. The van der Waals surface area contributed by atoms with Crippen LogP contribution in [0.3, 0.4) is 0 Å². The third-order valence-corrected chi connectivity index (χ3v) is 2.86. The number of carbonyl (C=O) groups excluding carboxylic acids is 1. The van der Waals surface area contributed by atoms with Gasteiger partial charge in [-0.25, -0.2) is 0 Å². The Labute approximate surface area is 138 Å². The molecule has 0 radical (unpaired) electrons. The van der Waals surface area contributed by atoms with Crippen LogP contribution < -0.4 is 0 Å². The first-order valence-electron chi connectivity index (χ1n) is 7.19. The Balaban J connectivity index is 0.000000502. The fourth-order valence-corrected chi connectivity index (χ4v) is 1.75. The van der Waals surface area contributed by atoms with Gasteiger partial charge in [0.25, 0.3) is 0 Å². The highest BCUT2D eigenvalue weighted by Crippen LogP contribution is 2.08. The molecule has 5 nitrogen and oxygen atoms in total. The molecule has 5 heteroatoms. The fraction of sp³-hybridized carbons (Fsp3) is 0.278. The van der Waals surface area contributed by atoms with Crippen molar-refractivity contribution in [1.29, 1.82) is 10.5 Å². The monoisotopic (exact) mass is 310 g/mol. The Bertz CT molecular complexity index is 535. The van der Waals surface area contributed by atoms with Crippen molar-refractivity contribution >= 4 is 5.91 Å². The number of rotatable bonds is 7. The van der Waals surface area contributed by atoms with Crippen LogP contribution in [0.1, 0.15) is 12.8 Å². The van der Waals surface area contributed by atoms with Crippen molar-refractivity contribution in [1.82, 2.24) is 9.80 Å². The molecule has 1 heterocycles. The van der Waals surface area contributed by atoms with Crippen molar-refractivity contribution < 1.29 is 4.79 Å². The molecule has 1 fully saturated rings. The largest absolute Gasteiger partial charge is 0.370 e. The van der Waals surface area contributed by atoms with E-state index < -0.39 is 0 Å². The van der Waals surface area contributed by atoms with Gasteiger partial charge in [0.1, 0.15) is 17.7 Å². The normalized spacial score (nSPS) is 12.4. The lowest BCUT2D eigenvalue weighted by Gasteiger charge is -2.14. The van der Waals surface area contributed by atoms with Gasteiger partial charge in [0.15, 0.2) is 0 Å². The Morgan fingerprint density at radius 1 is 1.22 bits per heavy atom. The SMILES string of the molecule is C=CCN(C=CC=C(C#N)C#N)CC=C.C=CN1CCCC1=O. The summed E-state index contributed by atoms with van der Waals surface area (Å²) in [5.74, 6) is 0.208. The van der Waals surface area contributed by atoms with E-state index in [0.717, 1.165) is 13.0 Å². The zero-order valence-electron chi connectivity index (χ0n) is 13.3. The van der Waals surface area contributed by atoms with E-state index >= 15 is 0 Å². The fourth-order valence-electron chi connectivity index (χ4n) is 1.75. The first-order valence-corrected chi connectivity index (χ1v) is 7.19. The highest BCUT2D eigenvalue weighted by atomic mass is 16.2. The standard InChI is InChI=1S/C12H13N3.C6H9NO/c1-3-7-15(8-4-2)9-5-6-12(10-13)11-14;1-2-7-5-3-4-6(7)8/h3-6,9H,1-2,7-8H2;2H,1,3-5H2. The number of hydrogen-bond acceptors (Lipinski definition) is 4.